The van der Waals surface area contributed by atoms with Gasteiger partial charge in [0.05, 0.1) is 10.6 Å². The SMILES string of the molecule is Cc1cccc(NC(=O)CN2C(=O)S/C(=C\c3cc(C)n(-c4ccccc4Br)c3C)C2=O)c1. The van der Waals surface area contributed by atoms with Gasteiger partial charge in [0.25, 0.3) is 11.1 Å². The molecule has 0 spiro atoms. The Bertz CT molecular complexity index is 1310. The van der Waals surface area contributed by atoms with Crippen LogP contribution in [0.2, 0.25) is 0 Å². The highest BCUT2D eigenvalue weighted by Gasteiger charge is 2.36. The molecule has 0 aliphatic carbocycles. The van der Waals surface area contributed by atoms with Gasteiger partial charge in [-0.1, -0.05) is 24.3 Å². The van der Waals surface area contributed by atoms with E-state index in [4.69, 9.17) is 0 Å². The highest BCUT2D eigenvalue weighted by Crippen LogP contribution is 2.34. The van der Waals surface area contributed by atoms with Gasteiger partial charge in [0, 0.05) is 21.5 Å². The number of rotatable bonds is 5. The number of thioether (sulfide) groups is 1. The van der Waals surface area contributed by atoms with E-state index < -0.39 is 17.1 Å². The molecule has 0 bridgehead atoms. The zero-order valence-electron chi connectivity index (χ0n) is 18.4. The fraction of sp³-hybridized carbons (Fsp3) is 0.160. The van der Waals surface area contributed by atoms with E-state index in [2.05, 4.69) is 25.8 Å². The number of hydrogen-bond donors (Lipinski definition) is 1. The van der Waals surface area contributed by atoms with Crippen molar-refractivity contribution in [1.29, 1.82) is 0 Å². The number of nitrogens with one attached hydrogen (secondary N) is 1. The molecule has 1 aliphatic rings. The molecule has 4 rings (SSSR count). The molecular weight excluding hydrogens is 502 g/mol. The number of hydrogen-bond acceptors (Lipinski definition) is 4. The molecule has 6 nitrogen and oxygen atoms in total. The summed E-state index contributed by atoms with van der Waals surface area (Å²) in [4.78, 5) is 39.1. The van der Waals surface area contributed by atoms with Crippen molar-refractivity contribution in [2.45, 2.75) is 20.8 Å². The van der Waals surface area contributed by atoms with Crippen LogP contribution in [0, 0.1) is 20.8 Å². The van der Waals surface area contributed by atoms with Crippen molar-refractivity contribution < 1.29 is 14.4 Å². The monoisotopic (exact) mass is 523 g/mol. The summed E-state index contributed by atoms with van der Waals surface area (Å²) in [7, 11) is 0. The van der Waals surface area contributed by atoms with Crippen molar-refractivity contribution in [2.75, 3.05) is 11.9 Å². The van der Waals surface area contributed by atoms with E-state index in [-0.39, 0.29) is 6.54 Å². The summed E-state index contributed by atoms with van der Waals surface area (Å²) in [5, 5.41) is 2.28. The molecule has 8 heteroatoms. The standard InChI is InChI=1S/C25H22BrN3O3S/c1-15-7-6-8-19(11-15)27-23(30)14-28-24(31)22(33-25(28)32)13-18-12-16(2)29(17(18)3)21-10-5-4-9-20(21)26/h4-13H,14H2,1-3H3,(H,27,30)/b22-13-. The van der Waals surface area contributed by atoms with Crippen LogP contribution in [0.25, 0.3) is 11.8 Å². The number of benzene rings is 2. The lowest BCUT2D eigenvalue weighted by Gasteiger charge is -2.12. The first-order chi connectivity index (χ1) is 15.7. The lowest BCUT2D eigenvalue weighted by atomic mass is 10.2. The van der Waals surface area contributed by atoms with Crippen LogP contribution in [-0.4, -0.2) is 33.1 Å². The van der Waals surface area contributed by atoms with Crippen LogP contribution in [0.5, 0.6) is 0 Å². The predicted octanol–water partition coefficient (Wildman–Crippen LogP) is 5.84. The second kappa shape index (κ2) is 9.41. The first kappa shape index (κ1) is 23.1. The predicted molar refractivity (Wildman–Crippen MR) is 135 cm³/mol. The summed E-state index contributed by atoms with van der Waals surface area (Å²) < 4.78 is 3.05. The second-order valence-corrected chi connectivity index (χ2v) is 9.65. The molecule has 1 aliphatic heterocycles. The third-order valence-electron chi connectivity index (χ3n) is 5.33. The molecule has 0 saturated carbocycles. The van der Waals surface area contributed by atoms with E-state index in [1.807, 2.05) is 69.3 Å². The second-order valence-electron chi connectivity index (χ2n) is 7.80. The maximum Gasteiger partial charge on any atom is 0.294 e. The smallest absolute Gasteiger partial charge is 0.294 e. The van der Waals surface area contributed by atoms with Crippen molar-refractivity contribution in [3.63, 3.8) is 0 Å². The average Bonchev–Trinajstić information content (AvgIpc) is 3.18. The van der Waals surface area contributed by atoms with Gasteiger partial charge in [-0.3, -0.25) is 19.3 Å². The van der Waals surface area contributed by atoms with Crippen molar-refractivity contribution in [3.8, 4) is 5.69 Å². The summed E-state index contributed by atoms with van der Waals surface area (Å²) in [5.41, 5.74) is 5.42. The van der Waals surface area contributed by atoms with Crippen LogP contribution in [-0.2, 0) is 9.59 Å². The Morgan fingerprint density at radius 2 is 1.82 bits per heavy atom. The minimum Gasteiger partial charge on any atom is -0.325 e. The third-order valence-corrected chi connectivity index (χ3v) is 6.91. The molecule has 0 radical (unpaired) electrons. The van der Waals surface area contributed by atoms with Crippen molar-refractivity contribution in [1.82, 2.24) is 9.47 Å². The van der Waals surface area contributed by atoms with E-state index >= 15 is 0 Å². The molecule has 1 saturated heterocycles. The zero-order valence-corrected chi connectivity index (χ0v) is 20.8. The number of carbonyl (C=O) groups is 3. The molecule has 3 amide bonds. The quantitative estimate of drug-likeness (QED) is 0.426. The Kier molecular flexibility index (Phi) is 6.58. The number of para-hydroxylation sites is 1. The third kappa shape index (κ3) is 4.82. The summed E-state index contributed by atoms with van der Waals surface area (Å²) in [6.07, 6.45) is 1.72. The number of aromatic nitrogens is 1. The minimum atomic E-state index is -0.463. The van der Waals surface area contributed by atoms with Gasteiger partial charge in [0.15, 0.2) is 0 Å². The molecular formula is C25H22BrN3O3S. The Morgan fingerprint density at radius 1 is 1.06 bits per heavy atom. The normalized spacial score (nSPS) is 14.9. The molecule has 0 unspecified atom stereocenters. The van der Waals surface area contributed by atoms with Gasteiger partial charge in [0.1, 0.15) is 6.54 Å². The maximum absolute atomic E-state index is 12.9. The number of anilines is 1. The van der Waals surface area contributed by atoms with E-state index in [1.54, 1.807) is 12.1 Å². The molecule has 0 atom stereocenters. The molecule has 2 heterocycles. The fourth-order valence-electron chi connectivity index (χ4n) is 3.78. The fourth-order valence-corrected chi connectivity index (χ4v) is 5.07. The highest BCUT2D eigenvalue weighted by atomic mass is 79.9. The lowest BCUT2D eigenvalue weighted by Crippen LogP contribution is -2.36. The molecule has 1 fully saturated rings. The molecule has 1 N–H and O–H groups in total. The largest absolute Gasteiger partial charge is 0.325 e. The van der Waals surface area contributed by atoms with Crippen molar-refractivity contribution in [2.24, 2.45) is 0 Å². The Morgan fingerprint density at radius 3 is 2.55 bits per heavy atom. The first-order valence-corrected chi connectivity index (χ1v) is 11.9. The number of aryl methyl sites for hydroxylation is 2. The van der Waals surface area contributed by atoms with Gasteiger partial charge in [-0.25, -0.2) is 0 Å². The van der Waals surface area contributed by atoms with Crippen LogP contribution >= 0.6 is 27.7 Å². The van der Waals surface area contributed by atoms with Crippen molar-refractivity contribution >= 4 is 56.5 Å². The molecule has 168 valence electrons. The van der Waals surface area contributed by atoms with Gasteiger partial charge < -0.3 is 9.88 Å². The van der Waals surface area contributed by atoms with E-state index in [1.165, 1.54) is 0 Å². The van der Waals surface area contributed by atoms with E-state index in [0.717, 1.165) is 49.3 Å². The highest BCUT2D eigenvalue weighted by molar-refractivity contribution is 9.10. The van der Waals surface area contributed by atoms with Gasteiger partial charge in [-0.15, -0.1) is 0 Å². The first-order valence-electron chi connectivity index (χ1n) is 10.3. The zero-order chi connectivity index (χ0) is 23.7. The van der Waals surface area contributed by atoms with E-state index in [9.17, 15) is 14.4 Å². The van der Waals surface area contributed by atoms with Gasteiger partial charge in [0.2, 0.25) is 5.91 Å². The Hall–Kier alpha value is -3.10. The van der Waals surface area contributed by atoms with Gasteiger partial charge >= 0.3 is 0 Å². The molecule has 2 aromatic carbocycles. The van der Waals surface area contributed by atoms with Crippen LogP contribution in [0.4, 0.5) is 10.5 Å². The minimum absolute atomic E-state index is 0.302. The van der Waals surface area contributed by atoms with Gasteiger partial charge in [-0.2, -0.15) is 0 Å². The summed E-state index contributed by atoms with van der Waals surface area (Å²) in [6, 6.07) is 17.2. The summed E-state index contributed by atoms with van der Waals surface area (Å²) >= 11 is 4.44. The van der Waals surface area contributed by atoms with Crippen LogP contribution in [0.15, 0.2) is 64.0 Å². The number of imide groups is 1. The average molecular weight is 524 g/mol. The van der Waals surface area contributed by atoms with Crippen LogP contribution in [0.3, 0.4) is 0 Å². The molecule has 33 heavy (non-hydrogen) atoms. The summed E-state index contributed by atoms with van der Waals surface area (Å²) in [6.45, 7) is 5.55. The van der Waals surface area contributed by atoms with Crippen molar-refractivity contribution in [3.05, 3.63) is 86.5 Å². The number of halogens is 1. The Labute approximate surface area is 204 Å². The topological polar surface area (TPSA) is 71.4 Å². The maximum atomic E-state index is 12.9. The summed E-state index contributed by atoms with van der Waals surface area (Å²) in [5.74, 6) is -0.883. The van der Waals surface area contributed by atoms with E-state index in [0.29, 0.717) is 10.6 Å². The van der Waals surface area contributed by atoms with Crippen LogP contribution in [0.1, 0.15) is 22.5 Å². The number of amides is 3. The molecule has 1 aromatic heterocycles. The Balaban J connectivity index is 1.54. The number of carbonyl (C=O) groups excluding carboxylic acids is 3. The molecule has 3 aromatic rings. The number of nitrogens with zero attached hydrogens (tertiary/aromatic N) is 2. The van der Waals surface area contributed by atoms with Gasteiger partial charge in [-0.05, 0) is 96.0 Å². The van der Waals surface area contributed by atoms with Crippen LogP contribution < -0.4 is 5.32 Å². The lowest BCUT2D eigenvalue weighted by molar-refractivity contribution is -0.127.